The van der Waals surface area contributed by atoms with Gasteiger partial charge in [-0.2, -0.15) is 0 Å². The first-order chi connectivity index (χ1) is 17.0. The quantitative estimate of drug-likeness (QED) is 0.286. The number of rotatable bonds is 6. The van der Waals surface area contributed by atoms with Crippen molar-refractivity contribution in [3.63, 3.8) is 0 Å². The Balaban J connectivity index is 1.28. The summed E-state index contributed by atoms with van der Waals surface area (Å²) in [6.07, 6.45) is 6.17. The zero-order valence-electron chi connectivity index (χ0n) is 19.7. The van der Waals surface area contributed by atoms with E-state index in [-0.39, 0.29) is 23.1 Å². The Morgan fingerprint density at radius 3 is 2.77 bits per heavy atom. The number of hydrogen-bond donors (Lipinski definition) is 0. The molecule has 5 rings (SSSR count). The Morgan fingerprint density at radius 2 is 2.06 bits per heavy atom. The normalized spacial score (nSPS) is 18.0. The number of carbonyl (C=O) groups is 2. The molecule has 1 fully saturated rings. The number of thioether (sulfide) groups is 1. The Bertz CT molecular complexity index is 1320. The van der Waals surface area contributed by atoms with E-state index < -0.39 is 0 Å². The van der Waals surface area contributed by atoms with Crippen LogP contribution in [-0.4, -0.2) is 63.1 Å². The van der Waals surface area contributed by atoms with Gasteiger partial charge >= 0.3 is 0 Å². The number of allylic oxidation sites excluding steroid dienone is 1. The zero-order valence-corrected chi connectivity index (χ0v) is 21.3. The van der Waals surface area contributed by atoms with Gasteiger partial charge in [0.2, 0.25) is 5.91 Å². The Labute approximate surface area is 211 Å². The molecule has 2 aliphatic rings. The topological polar surface area (TPSA) is 88.7 Å². The minimum atomic E-state index is -0.157. The van der Waals surface area contributed by atoms with Crippen LogP contribution in [0.15, 0.2) is 45.4 Å². The lowest BCUT2D eigenvalue weighted by atomic mass is 9.89. The van der Waals surface area contributed by atoms with Crippen molar-refractivity contribution in [1.82, 2.24) is 19.4 Å². The van der Waals surface area contributed by atoms with E-state index in [0.717, 1.165) is 35.0 Å². The summed E-state index contributed by atoms with van der Waals surface area (Å²) in [7, 11) is 0. The van der Waals surface area contributed by atoms with E-state index in [0.29, 0.717) is 49.6 Å². The molecule has 1 aliphatic carbocycles. The molecule has 8 nitrogen and oxygen atoms in total. The molecule has 4 heterocycles. The average molecular weight is 513 g/mol. The summed E-state index contributed by atoms with van der Waals surface area (Å²) < 4.78 is 6.83. The van der Waals surface area contributed by atoms with E-state index in [1.807, 2.05) is 0 Å². The van der Waals surface area contributed by atoms with Crippen molar-refractivity contribution in [2.75, 3.05) is 31.9 Å². The van der Waals surface area contributed by atoms with Crippen LogP contribution in [0.3, 0.4) is 0 Å². The summed E-state index contributed by atoms with van der Waals surface area (Å²) in [6.45, 7) is 8.25. The summed E-state index contributed by atoms with van der Waals surface area (Å²) >= 11 is 2.91. The second-order valence-corrected chi connectivity index (χ2v) is 11.1. The Kier molecular flexibility index (Phi) is 6.84. The molecule has 0 aromatic carbocycles. The Morgan fingerprint density at radius 1 is 1.29 bits per heavy atom. The van der Waals surface area contributed by atoms with Crippen LogP contribution in [0.1, 0.15) is 34.3 Å². The van der Waals surface area contributed by atoms with Gasteiger partial charge in [0.05, 0.1) is 17.4 Å². The number of thiophene rings is 1. The lowest BCUT2D eigenvalue weighted by molar-refractivity contribution is -0.129. The number of piperazine rings is 1. The summed E-state index contributed by atoms with van der Waals surface area (Å²) in [4.78, 5) is 49.2. The minimum absolute atomic E-state index is 0.0288. The molecule has 0 bridgehead atoms. The van der Waals surface area contributed by atoms with Gasteiger partial charge in [0.15, 0.2) is 10.9 Å². The van der Waals surface area contributed by atoms with Crippen molar-refractivity contribution < 1.29 is 14.0 Å². The van der Waals surface area contributed by atoms with Gasteiger partial charge in [0.1, 0.15) is 4.83 Å². The van der Waals surface area contributed by atoms with E-state index in [1.165, 1.54) is 22.9 Å². The van der Waals surface area contributed by atoms with Crippen LogP contribution in [0.5, 0.6) is 0 Å². The van der Waals surface area contributed by atoms with E-state index in [9.17, 15) is 14.4 Å². The summed E-state index contributed by atoms with van der Waals surface area (Å²) in [5, 5.41) is 1.29. The molecular weight excluding hydrogens is 484 g/mol. The highest BCUT2D eigenvalue weighted by atomic mass is 32.2. The van der Waals surface area contributed by atoms with E-state index in [2.05, 4.69) is 13.5 Å². The third-order valence-corrected chi connectivity index (χ3v) is 8.78. The monoisotopic (exact) mass is 512 g/mol. The number of carbonyl (C=O) groups excluding carboxylic acids is 2. The molecule has 10 heteroatoms. The van der Waals surface area contributed by atoms with Crippen LogP contribution in [-0.2, 0) is 24.2 Å². The van der Waals surface area contributed by atoms with Gasteiger partial charge < -0.3 is 14.2 Å². The highest BCUT2D eigenvalue weighted by Crippen LogP contribution is 2.36. The minimum Gasteiger partial charge on any atom is -0.459 e. The van der Waals surface area contributed by atoms with Crippen LogP contribution in [0.25, 0.3) is 10.2 Å². The van der Waals surface area contributed by atoms with Gasteiger partial charge in [-0.05, 0) is 42.9 Å². The molecule has 1 unspecified atom stereocenters. The maximum atomic E-state index is 13.4. The van der Waals surface area contributed by atoms with Gasteiger partial charge in [0.25, 0.3) is 11.5 Å². The average Bonchev–Trinajstić information content (AvgIpc) is 3.52. The number of hydrogen-bond acceptors (Lipinski definition) is 7. The lowest BCUT2D eigenvalue weighted by Crippen LogP contribution is -2.51. The maximum absolute atomic E-state index is 13.4. The molecule has 2 amide bonds. The number of aryl methyl sites for hydroxylation is 1. The summed E-state index contributed by atoms with van der Waals surface area (Å²) in [6, 6.07) is 3.33. The van der Waals surface area contributed by atoms with Gasteiger partial charge in [-0.3, -0.25) is 19.0 Å². The third-order valence-electron chi connectivity index (χ3n) is 6.67. The van der Waals surface area contributed by atoms with Gasteiger partial charge in [0, 0.05) is 37.6 Å². The fraction of sp³-hybridized carbons (Fsp3) is 0.440. The van der Waals surface area contributed by atoms with Gasteiger partial charge in [-0.25, -0.2) is 4.98 Å². The van der Waals surface area contributed by atoms with Crippen LogP contribution in [0.2, 0.25) is 0 Å². The summed E-state index contributed by atoms with van der Waals surface area (Å²) in [5.74, 6) is 0.928. The molecule has 1 aliphatic heterocycles. The molecular formula is C25H28N4O4S2. The highest BCUT2D eigenvalue weighted by Gasteiger charge is 2.27. The SMILES string of the molecule is C=CCn1c(SCC(=O)N2CCN(C(=O)c3ccco3)CC2)nc2sc3c(c2c1=O)CCC(C)C3. The van der Waals surface area contributed by atoms with Crippen molar-refractivity contribution in [1.29, 1.82) is 0 Å². The number of aromatic nitrogens is 2. The van der Waals surface area contributed by atoms with Crippen molar-refractivity contribution in [2.45, 2.75) is 37.9 Å². The number of fused-ring (bicyclic) bond motifs is 3. The van der Waals surface area contributed by atoms with E-state index >= 15 is 0 Å². The first kappa shape index (κ1) is 23.9. The molecule has 3 aromatic heterocycles. The number of nitrogens with zero attached hydrogens (tertiary/aromatic N) is 4. The molecule has 0 saturated carbocycles. The molecule has 35 heavy (non-hydrogen) atoms. The molecule has 0 spiro atoms. The predicted octanol–water partition coefficient (Wildman–Crippen LogP) is 3.44. The molecule has 0 radical (unpaired) electrons. The van der Waals surface area contributed by atoms with Crippen LogP contribution in [0, 0.1) is 5.92 Å². The molecule has 1 saturated heterocycles. The number of amides is 2. The van der Waals surface area contributed by atoms with Crippen molar-refractivity contribution in [2.24, 2.45) is 5.92 Å². The van der Waals surface area contributed by atoms with Crippen molar-refractivity contribution >= 4 is 45.1 Å². The van der Waals surface area contributed by atoms with E-state index in [4.69, 9.17) is 9.40 Å². The molecule has 0 N–H and O–H groups in total. The fourth-order valence-corrected chi connectivity index (χ4v) is 7.07. The van der Waals surface area contributed by atoms with Crippen molar-refractivity contribution in [3.05, 3.63) is 57.6 Å². The molecule has 3 aromatic rings. The first-order valence-corrected chi connectivity index (χ1v) is 13.7. The third kappa shape index (κ3) is 4.69. The number of furan rings is 1. The fourth-order valence-electron chi connectivity index (χ4n) is 4.74. The largest absolute Gasteiger partial charge is 0.459 e. The highest BCUT2D eigenvalue weighted by molar-refractivity contribution is 7.99. The lowest BCUT2D eigenvalue weighted by Gasteiger charge is -2.34. The molecule has 184 valence electrons. The standard InChI is InChI=1S/C25H28N4O4S2/c1-3-8-29-24(32)21-17-7-6-16(2)14-19(17)35-22(21)26-25(29)34-15-20(30)27-9-11-28(12-10-27)23(31)18-5-4-13-33-18/h3-5,13,16H,1,6-12,14-15H2,2H3. The molecule has 1 atom stereocenters. The Hall–Kier alpha value is -2.85. The van der Waals surface area contributed by atoms with Crippen LogP contribution in [0.4, 0.5) is 0 Å². The zero-order chi connectivity index (χ0) is 24.5. The first-order valence-electron chi connectivity index (χ1n) is 11.9. The van der Waals surface area contributed by atoms with Crippen LogP contribution < -0.4 is 5.56 Å². The van der Waals surface area contributed by atoms with Crippen LogP contribution >= 0.6 is 23.1 Å². The van der Waals surface area contributed by atoms with Gasteiger partial charge in [-0.1, -0.05) is 24.8 Å². The predicted molar refractivity (Wildman–Crippen MR) is 137 cm³/mol. The van der Waals surface area contributed by atoms with Crippen molar-refractivity contribution in [3.8, 4) is 0 Å². The van der Waals surface area contributed by atoms with Gasteiger partial charge in [-0.15, -0.1) is 17.9 Å². The van der Waals surface area contributed by atoms with E-state index in [1.54, 1.807) is 43.9 Å². The second kappa shape index (κ2) is 10.0. The maximum Gasteiger partial charge on any atom is 0.289 e. The second-order valence-electron chi connectivity index (χ2n) is 9.07. The smallest absolute Gasteiger partial charge is 0.289 e. The summed E-state index contributed by atoms with van der Waals surface area (Å²) in [5.41, 5.74) is 1.12.